The van der Waals surface area contributed by atoms with Crippen molar-refractivity contribution in [2.45, 2.75) is 39.2 Å². The van der Waals surface area contributed by atoms with Crippen molar-refractivity contribution in [3.63, 3.8) is 0 Å². The molecule has 0 spiro atoms. The summed E-state index contributed by atoms with van der Waals surface area (Å²) in [4.78, 5) is 11.2. The Kier molecular flexibility index (Phi) is 4.17. The van der Waals surface area contributed by atoms with E-state index in [1.54, 1.807) is 7.11 Å². The van der Waals surface area contributed by atoms with E-state index in [1.165, 1.54) is 7.62 Å². The fourth-order valence-corrected chi connectivity index (χ4v) is 2.54. The second-order valence-corrected chi connectivity index (χ2v) is 4.48. The van der Waals surface area contributed by atoms with Crippen molar-refractivity contribution in [2.75, 3.05) is 7.11 Å². The van der Waals surface area contributed by atoms with Crippen LogP contribution in [0.15, 0.2) is 0 Å². The van der Waals surface area contributed by atoms with Crippen molar-refractivity contribution in [3.05, 3.63) is 0 Å². The highest BCUT2D eigenvalue weighted by Gasteiger charge is 2.48. The highest BCUT2D eigenvalue weighted by atomic mass is 16.4. The molecule has 0 aromatic carbocycles. The zero-order valence-electron chi connectivity index (χ0n) is 9.62. The van der Waals surface area contributed by atoms with Gasteiger partial charge in [0.15, 0.2) is 0 Å². The van der Waals surface area contributed by atoms with Crippen LogP contribution in [0.1, 0.15) is 33.1 Å². The summed E-state index contributed by atoms with van der Waals surface area (Å²) in [5.74, 6) is -0.436. The lowest BCUT2D eigenvalue weighted by atomic mass is 9.78. The second-order valence-electron chi connectivity index (χ2n) is 4.48. The molecule has 15 heavy (non-hydrogen) atoms. The van der Waals surface area contributed by atoms with Gasteiger partial charge in [-0.15, -0.1) is 0 Å². The van der Waals surface area contributed by atoms with Gasteiger partial charge in [0.05, 0.1) is 5.41 Å². The van der Waals surface area contributed by atoms with Crippen molar-refractivity contribution in [1.29, 1.82) is 0 Å². The Morgan fingerprint density at radius 3 is 2.80 bits per heavy atom. The van der Waals surface area contributed by atoms with Gasteiger partial charge in [-0.05, 0) is 31.7 Å². The second kappa shape index (κ2) is 4.99. The van der Waals surface area contributed by atoms with Gasteiger partial charge in [0.2, 0.25) is 0 Å². The summed E-state index contributed by atoms with van der Waals surface area (Å²) in [6.45, 7) is 3.90. The maximum Gasteiger partial charge on any atom is 0.395 e. The predicted molar refractivity (Wildman–Crippen MR) is 58.4 cm³/mol. The first-order chi connectivity index (χ1) is 7.04. The molecule has 3 atom stereocenters. The Labute approximate surface area is 91.7 Å². The molecule has 0 aromatic heterocycles. The van der Waals surface area contributed by atoms with Crippen molar-refractivity contribution in [3.8, 4) is 0 Å². The molecule has 0 aromatic rings. The summed E-state index contributed by atoms with van der Waals surface area (Å²) in [5.41, 5.74) is -0.589. The van der Waals surface area contributed by atoms with E-state index in [1.807, 2.05) is 13.8 Å². The van der Waals surface area contributed by atoms with E-state index in [4.69, 9.17) is 4.65 Å². The van der Waals surface area contributed by atoms with Crippen LogP contribution in [0.2, 0.25) is 0 Å². The van der Waals surface area contributed by atoms with E-state index >= 15 is 0 Å². The molecule has 0 amide bonds. The van der Waals surface area contributed by atoms with Crippen molar-refractivity contribution in [1.82, 2.24) is 5.23 Å². The van der Waals surface area contributed by atoms with Gasteiger partial charge in [-0.3, -0.25) is 4.79 Å². The van der Waals surface area contributed by atoms with Crippen molar-refractivity contribution < 1.29 is 14.6 Å². The third kappa shape index (κ3) is 2.52. The molecule has 2 N–H and O–H groups in total. The van der Waals surface area contributed by atoms with Gasteiger partial charge in [0.25, 0.3) is 0 Å². The number of carbonyl (C=O) groups is 1. The van der Waals surface area contributed by atoms with Crippen molar-refractivity contribution in [2.24, 2.45) is 11.3 Å². The van der Waals surface area contributed by atoms with Crippen LogP contribution in [0.4, 0.5) is 0 Å². The van der Waals surface area contributed by atoms with Crippen LogP contribution < -0.4 is 5.23 Å². The molecular weight excluding hydrogens is 193 g/mol. The molecular formula is C10H19BNO3. The molecule has 1 fully saturated rings. The van der Waals surface area contributed by atoms with E-state index in [9.17, 15) is 9.90 Å². The highest BCUT2D eigenvalue weighted by molar-refractivity contribution is 6.23. The van der Waals surface area contributed by atoms with E-state index in [0.717, 1.165) is 12.8 Å². The predicted octanol–water partition coefficient (Wildman–Crippen LogP) is 1.04. The first-order valence-corrected chi connectivity index (χ1v) is 5.38. The minimum Gasteiger partial charge on any atom is -0.481 e. The molecule has 0 aliphatic heterocycles. The summed E-state index contributed by atoms with van der Waals surface area (Å²) in [6.07, 6.45) is 2.48. The van der Waals surface area contributed by atoms with Gasteiger partial charge in [0, 0.05) is 7.11 Å². The zero-order valence-corrected chi connectivity index (χ0v) is 9.62. The van der Waals surface area contributed by atoms with Crippen LogP contribution in [0.5, 0.6) is 0 Å². The van der Waals surface area contributed by atoms with E-state index in [-0.39, 0.29) is 12.0 Å². The van der Waals surface area contributed by atoms with Crippen molar-refractivity contribution >= 4 is 13.6 Å². The molecule has 1 aliphatic rings. The summed E-state index contributed by atoms with van der Waals surface area (Å²) in [7, 11) is 3.11. The molecule has 0 saturated heterocycles. The summed E-state index contributed by atoms with van der Waals surface area (Å²) < 4.78 is 4.82. The third-order valence-electron chi connectivity index (χ3n) is 3.54. The average Bonchev–Trinajstić information content (AvgIpc) is 2.53. The summed E-state index contributed by atoms with van der Waals surface area (Å²) in [5, 5.41) is 12.3. The number of aliphatic carboxylic acids is 1. The Morgan fingerprint density at radius 2 is 2.40 bits per heavy atom. The quantitative estimate of drug-likeness (QED) is 0.668. The SMILES string of the molecule is CC[C@@H]1C[C@H](N[B]OC)C[C@]1(C)C(=O)O. The Morgan fingerprint density at radius 1 is 1.73 bits per heavy atom. The Balaban J connectivity index is 2.62. The van der Waals surface area contributed by atoms with E-state index in [0.29, 0.717) is 6.42 Å². The zero-order chi connectivity index (χ0) is 11.5. The molecule has 4 nitrogen and oxygen atoms in total. The normalized spacial score (nSPS) is 35.4. The van der Waals surface area contributed by atoms with Crippen LogP contribution in [-0.2, 0) is 9.45 Å². The average molecular weight is 212 g/mol. The molecule has 0 unspecified atom stereocenters. The fraction of sp³-hybridized carbons (Fsp3) is 0.900. The number of carboxylic acids is 1. The number of nitrogens with one attached hydrogen (secondary N) is 1. The smallest absolute Gasteiger partial charge is 0.395 e. The van der Waals surface area contributed by atoms with Crippen LogP contribution in [0, 0.1) is 11.3 Å². The molecule has 1 aliphatic carbocycles. The summed E-state index contributed by atoms with van der Waals surface area (Å²) in [6, 6.07) is 0.219. The van der Waals surface area contributed by atoms with Crippen LogP contribution in [0.25, 0.3) is 0 Å². The molecule has 1 rings (SSSR count). The van der Waals surface area contributed by atoms with E-state index in [2.05, 4.69) is 5.23 Å². The molecule has 0 heterocycles. The molecule has 85 valence electrons. The minimum atomic E-state index is -0.684. The number of hydrogen-bond acceptors (Lipinski definition) is 3. The number of carboxylic acid groups (broad SMARTS) is 1. The van der Waals surface area contributed by atoms with Crippen LogP contribution >= 0.6 is 0 Å². The van der Waals surface area contributed by atoms with Gasteiger partial charge in [-0.2, -0.15) is 0 Å². The Hall–Kier alpha value is -0.545. The maximum atomic E-state index is 11.2. The minimum absolute atomic E-state index is 0.219. The monoisotopic (exact) mass is 212 g/mol. The first-order valence-electron chi connectivity index (χ1n) is 5.38. The standard InChI is InChI=1S/C10H19BNO3/c1-4-7-5-8(12-11-15-3)6-10(7,2)9(13)14/h7-8,12H,4-6H2,1-3H3,(H,13,14)/t7-,8+,10+/m1/s1. The van der Waals surface area contributed by atoms with Gasteiger partial charge in [-0.25, -0.2) is 0 Å². The molecule has 0 bridgehead atoms. The van der Waals surface area contributed by atoms with Gasteiger partial charge in [-0.1, -0.05) is 13.3 Å². The largest absolute Gasteiger partial charge is 0.481 e. The topological polar surface area (TPSA) is 58.6 Å². The highest BCUT2D eigenvalue weighted by Crippen LogP contribution is 2.45. The van der Waals surface area contributed by atoms with Gasteiger partial charge < -0.3 is 15.0 Å². The fourth-order valence-electron chi connectivity index (χ4n) is 2.54. The Bertz CT molecular complexity index is 237. The lowest BCUT2D eigenvalue weighted by Gasteiger charge is -2.25. The van der Waals surface area contributed by atoms with Crippen LogP contribution in [-0.4, -0.2) is 31.8 Å². The first kappa shape index (κ1) is 12.5. The molecule has 1 radical (unpaired) electrons. The summed E-state index contributed by atoms with van der Waals surface area (Å²) >= 11 is 0. The molecule has 5 heteroatoms. The lowest BCUT2D eigenvalue weighted by Crippen LogP contribution is -2.34. The molecule has 1 saturated carbocycles. The lowest BCUT2D eigenvalue weighted by molar-refractivity contribution is -0.150. The van der Waals surface area contributed by atoms with Crippen LogP contribution in [0.3, 0.4) is 0 Å². The van der Waals surface area contributed by atoms with Gasteiger partial charge in [0.1, 0.15) is 0 Å². The maximum absolute atomic E-state index is 11.2. The van der Waals surface area contributed by atoms with E-state index < -0.39 is 11.4 Å². The van der Waals surface area contributed by atoms with Gasteiger partial charge >= 0.3 is 13.6 Å². The number of rotatable bonds is 5. The third-order valence-corrected chi connectivity index (χ3v) is 3.54. The number of hydrogen-bond donors (Lipinski definition) is 2.